The summed E-state index contributed by atoms with van der Waals surface area (Å²) in [6.45, 7) is 0. The Bertz CT molecular complexity index is 124. The van der Waals surface area contributed by atoms with Crippen molar-refractivity contribution in [3.63, 3.8) is 0 Å². The Labute approximate surface area is 61.7 Å². The Hall–Kier alpha value is -0.801. The zero-order chi connectivity index (χ0) is 6.57. The van der Waals surface area contributed by atoms with E-state index in [0.29, 0.717) is 12.2 Å². The molecule has 0 unspecified atom stereocenters. The van der Waals surface area contributed by atoms with Gasteiger partial charge < -0.3 is 10.2 Å². The topological polar surface area (TPSA) is 74.6 Å². The van der Waals surface area contributed by atoms with Crippen LogP contribution in [-0.4, -0.2) is 22.2 Å². The van der Waals surface area contributed by atoms with E-state index >= 15 is 0 Å². The van der Waals surface area contributed by atoms with Crippen molar-refractivity contribution in [2.45, 2.75) is 0 Å². The van der Waals surface area contributed by atoms with Gasteiger partial charge in [0.2, 0.25) is 0 Å². The van der Waals surface area contributed by atoms with E-state index in [1.54, 1.807) is 0 Å². The van der Waals surface area contributed by atoms with E-state index in [-0.39, 0.29) is 17.1 Å². The van der Waals surface area contributed by atoms with Crippen LogP contribution >= 0.6 is 0 Å². The van der Waals surface area contributed by atoms with E-state index in [0.717, 1.165) is 0 Å². The van der Waals surface area contributed by atoms with Gasteiger partial charge in [0.05, 0.1) is 0 Å². The number of rotatable bonds is 2. The zero-order valence-corrected chi connectivity index (χ0v) is 5.32. The summed E-state index contributed by atoms with van der Waals surface area (Å²) in [6, 6.07) is 0. The Morgan fingerprint density at radius 1 is 1.00 bits per heavy atom. The first-order valence-corrected chi connectivity index (χ1v) is 1.77. The molecule has 0 aliphatic heterocycles. The standard InChI is InChI=1S/C4H4O4.Fe/c5-3(6)1-2-4(7)8;/h1-2H,(H,5,6)(H,7,8);/b2-1+;. The van der Waals surface area contributed by atoms with Gasteiger partial charge in [0.1, 0.15) is 0 Å². The van der Waals surface area contributed by atoms with Gasteiger partial charge in [-0.3, -0.25) is 0 Å². The molecule has 0 saturated heterocycles. The fourth-order valence-electron chi connectivity index (χ4n) is 0.143. The summed E-state index contributed by atoms with van der Waals surface area (Å²) >= 11 is 0. The van der Waals surface area contributed by atoms with Crippen LogP contribution in [0.2, 0.25) is 0 Å². The zero-order valence-electron chi connectivity index (χ0n) is 4.22. The number of carboxylic acids is 2. The molecule has 0 bridgehead atoms. The van der Waals surface area contributed by atoms with Crippen molar-refractivity contribution in [3.8, 4) is 0 Å². The molecule has 0 aromatic carbocycles. The number of aliphatic carboxylic acids is 2. The predicted octanol–water partition coefficient (Wildman–Crippen LogP) is -0.291. The maximum atomic E-state index is 9.55. The van der Waals surface area contributed by atoms with E-state index in [1.165, 1.54) is 0 Å². The second kappa shape index (κ2) is 5.34. The quantitative estimate of drug-likeness (QED) is 0.443. The molecule has 0 aliphatic carbocycles. The molecule has 9 heavy (non-hydrogen) atoms. The van der Waals surface area contributed by atoms with Crippen LogP contribution in [0.3, 0.4) is 0 Å². The van der Waals surface area contributed by atoms with Gasteiger partial charge in [0, 0.05) is 29.2 Å². The van der Waals surface area contributed by atoms with Gasteiger partial charge in [0.25, 0.3) is 0 Å². The fraction of sp³-hybridized carbons (Fsp3) is 0. The number of hydrogen-bond donors (Lipinski definition) is 2. The molecule has 0 fully saturated rings. The number of carboxylic acid groups (broad SMARTS) is 2. The van der Waals surface area contributed by atoms with Crippen LogP contribution in [0.4, 0.5) is 0 Å². The van der Waals surface area contributed by atoms with E-state index in [4.69, 9.17) is 10.2 Å². The van der Waals surface area contributed by atoms with Gasteiger partial charge >= 0.3 is 11.9 Å². The minimum atomic E-state index is -1.26. The largest absolute Gasteiger partial charge is 0.478 e. The molecule has 0 amide bonds. The third kappa shape index (κ3) is 11.0. The summed E-state index contributed by atoms with van der Waals surface area (Å²) in [7, 11) is 0. The van der Waals surface area contributed by atoms with E-state index < -0.39 is 11.9 Å². The summed E-state index contributed by atoms with van der Waals surface area (Å²) in [5.74, 6) is -2.51. The summed E-state index contributed by atoms with van der Waals surface area (Å²) in [6.07, 6.45) is 1.12. The molecule has 52 valence electrons. The third-order valence-corrected chi connectivity index (χ3v) is 0.368. The second-order valence-electron chi connectivity index (χ2n) is 1.01. The first-order valence-electron chi connectivity index (χ1n) is 1.77. The summed E-state index contributed by atoms with van der Waals surface area (Å²) in [5, 5.41) is 15.6. The number of hydrogen-bond acceptors (Lipinski definition) is 2. The first kappa shape index (κ1) is 11.1. The molecule has 0 spiro atoms. The normalized spacial score (nSPS) is 8.44. The van der Waals surface area contributed by atoms with Crippen molar-refractivity contribution in [2.75, 3.05) is 0 Å². The molecule has 0 aliphatic rings. The summed E-state index contributed by atoms with van der Waals surface area (Å²) < 4.78 is 0. The minimum Gasteiger partial charge on any atom is -0.478 e. The van der Waals surface area contributed by atoms with Crippen LogP contribution in [-0.2, 0) is 26.7 Å². The van der Waals surface area contributed by atoms with Crippen LogP contribution in [0.15, 0.2) is 12.2 Å². The molecule has 0 aromatic rings. The van der Waals surface area contributed by atoms with E-state index in [2.05, 4.69) is 0 Å². The van der Waals surface area contributed by atoms with Gasteiger partial charge in [0.15, 0.2) is 0 Å². The Morgan fingerprint density at radius 3 is 1.33 bits per heavy atom. The minimum absolute atomic E-state index is 0. The molecule has 2 N–H and O–H groups in total. The Balaban J connectivity index is 0. The molecule has 0 heterocycles. The van der Waals surface area contributed by atoms with Crippen molar-refractivity contribution in [1.82, 2.24) is 0 Å². The van der Waals surface area contributed by atoms with Crippen LogP contribution in [0.25, 0.3) is 0 Å². The van der Waals surface area contributed by atoms with Crippen LogP contribution in [0.1, 0.15) is 0 Å². The first-order chi connectivity index (χ1) is 3.63. The second-order valence-corrected chi connectivity index (χ2v) is 1.01. The summed E-state index contributed by atoms with van der Waals surface area (Å²) in [4.78, 5) is 19.1. The van der Waals surface area contributed by atoms with Gasteiger partial charge in [-0.1, -0.05) is 0 Å². The van der Waals surface area contributed by atoms with Crippen molar-refractivity contribution in [3.05, 3.63) is 12.2 Å². The maximum Gasteiger partial charge on any atom is 0.328 e. The molecule has 0 aromatic heterocycles. The molecule has 4 nitrogen and oxygen atoms in total. The average Bonchev–Trinajstić information content (AvgIpc) is 1.61. The molecule has 0 saturated carbocycles. The molecule has 5 heteroatoms. The van der Waals surface area contributed by atoms with Gasteiger partial charge in [-0.2, -0.15) is 0 Å². The number of carbonyl (C=O) groups is 2. The molecule has 0 radical (unpaired) electrons. The Kier molecular flexibility index (Phi) is 6.56. The van der Waals surface area contributed by atoms with Crippen molar-refractivity contribution in [2.24, 2.45) is 0 Å². The fourth-order valence-corrected chi connectivity index (χ4v) is 0.143. The SMILES string of the molecule is O=C(O)/C=C/C(=O)O.[Fe]. The van der Waals surface area contributed by atoms with Gasteiger partial charge in [-0.05, 0) is 0 Å². The molecule has 0 atom stereocenters. The van der Waals surface area contributed by atoms with Crippen molar-refractivity contribution >= 4 is 11.9 Å². The van der Waals surface area contributed by atoms with E-state index in [9.17, 15) is 9.59 Å². The van der Waals surface area contributed by atoms with Crippen molar-refractivity contribution < 1.29 is 36.9 Å². The maximum absolute atomic E-state index is 9.55. The molecule has 0 rings (SSSR count). The Morgan fingerprint density at radius 2 is 1.22 bits per heavy atom. The molecular formula is C4H4FeO4. The van der Waals surface area contributed by atoms with Crippen LogP contribution in [0, 0.1) is 0 Å². The van der Waals surface area contributed by atoms with E-state index in [1.807, 2.05) is 0 Å². The molecular weight excluding hydrogens is 168 g/mol. The van der Waals surface area contributed by atoms with Gasteiger partial charge in [-0.15, -0.1) is 0 Å². The predicted molar refractivity (Wildman–Crippen MR) is 24.4 cm³/mol. The third-order valence-electron chi connectivity index (χ3n) is 0.368. The smallest absolute Gasteiger partial charge is 0.328 e. The van der Waals surface area contributed by atoms with Crippen molar-refractivity contribution in [1.29, 1.82) is 0 Å². The monoisotopic (exact) mass is 172 g/mol. The van der Waals surface area contributed by atoms with Crippen LogP contribution in [0.5, 0.6) is 0 Å². The summed E-state index contributed by atoms with van der Waals surface area (Å²) in [5.41, 5.74) is 0. The van der Waals surface area contributed by atoms with Crippen LogP contribution < -0.4 is 0 Å². The average molecular weight is 172 g/mol. The van der Waals surface area contributed by atoms with Gasteiger partial charge in [-0.25, -0.2) is 9.59 Å².